The van der Waals surface area contributed by atoms with Gasteiger partial charge >= 0.3 is 0 Å². The first-order valence-electron chi connectivity index (χ1n) is 5.48. The van der Waals surface area contributed by atoms with Crippen molar-refractivity contribution >= 4 is 17.6 Å². The number of rotatable bonds is 2. The van der Waals surface area contributed by atoms with E-state index < -0.39 is 0 Å². The third kappa shape index (κ3) is 2.60. The Kier molecular flexibility index (Phi) is 3.19. The summed E-state index contributed by atoms with van der Waals surface area (Å²) in [5.41, 5.74) is 8.67. The summed E-state index contributed by atoms with van der Waals surface area (Å²) in [5.74, 6) is 0.357. The number of benzene rings is 2. The van der Waals surface area contributed by atoms with Crippen LogP contribution in [-0.4, -0.2) is 16.4 Å². The van der Waals surface area contributed by atoms with Crippen molar-refractivity contribution < 1.29 is 10.2 Å². The second-order valence-corrected chi connectivity index (χ2v) is 4.04. The van der Waals surface area contributed by atoms with Crippen LogP contribution in [0.4, 0.5) is 11.4 Å². The normalized spacial score (nSPS) is 10.9. The molecular formula is C14H14N2O2. The van der Waals surface area contributed by atoms with Crippen molar-refractivity contribution in [3.05, 3.63) is 47.5 Å². The molecule has 4 nitrogen and oxygen atoms in total. The van der Waals surface area contributed by atoms with Gasteiger partial charge in [0.15, 0.2) is 0 Å². The van der Waals surface area contributed by atoms with Gasteiger partial charge in [-0.05, 0) is 48.9 Å². The van der Waals surface area contributed by atoms with Crippen LogP contribution in [0.25, 0.3) is 0 Å². The Morgan fingerprint density at radius 2 is 1.72 bits per heavy atom. The lowest BCUT2D eigenvalue weighted by Gasteiger charge is -2.05. The van der Waals surface area contributed by atoms with Gasteiger partial charge in [-0.2, -0.15) is 0 Å². The van der Waals surface area contributed by atoms with E-state index in [9.17, 15) is 5.11 Å². The van der Waals surface area contributed by atoms with Gasteiger partial charge in [0, 0.05) is 17.5 Å². The van der Waals surface area contributed by atoms with E-state index in [1.54, 1.807) is 42.6 Å². The van der Waals surface area contributed by atoms with Gasteiger partial charge < -0.3 is 15.9 Å². The van der Waals surface area contributed by atoms with E-state index in [1.807, 2.05) is 6.92 Å². The topological polar surface area (TPSA) is 78.8 Å². The van der Waals surface area contributed by atoms with Crippen molar-refractivity contribution in [3.63, 3.8) is 0 Å². The summed E-state index contributed by atoms with van der Waals surface area (Å²) < 4.78 is 0. The molecule has 2 rings (SSSR count). The van der Waals surface area contributed by atoms with E-state index in [1.165, 1.54) is 0 Å². The quantitative estimate of drug-likeness (QED) is 0.430. The molecule has 18 heavy (non-hydrogen) atoms. The third-order valence-electron chi connectivity index (χ3n) is 2.61. The number of hydrogen-bond donors (Lipinski definition) is 3. The van der Waals surface area contributed by atoms with Crippen molar-refractivity contribution in [2.45, 2.75) is 6.92 Å². The third-order valence-corrected chi connectivity index (χ3v) is 2.61. The lowest BCUT2D eigenvalue weighted by atomic mass is 10.1. The molecule has 0 unspecified atom stereocenters. The SMILES string of the molecule is Cc1cc(O)cc(C=Nc2ccc(O)cc2)c1N. The van der Waals surface area contributed by atoms with Crippen LogP contribution in [0.3, 0.4) is 0 Å². The summed E-state index contributed by atoms with van der Waals surface area (Å²) >= 11 is 0. The van der Waals surface area contributed by atoms with Crippen LogP contribution in [-0.2, 0) is 0 Å². The number of nitrogens with zero attached hydrogens (tertiary/aromatic N) is 1. The maximum Gasteiger partial charge on any atom is 0.116 e. The van der Waals surface area contributed by atoms with E-state index in [0.717, 1.165) is 5.56 Å². The number of hydrogen-bond acceptors (Lipinski definition) is 4. The molecule has 2 aromatic rings. The molecule has 0 atom stereocenters. The van der Waals surface area contributed by atoms with Crippen LogP contribution < -0.4 is 5.73 Å². The Labute approximate surface area is 105 Å². The summed E-state index contributed by atoms with van der Waals surface area (Å²) in [7, 11) is 0. The zero-order valence-electron chi connectivity index (χ0n) is 9.96. The average molecular weight is 242 g/mol. The zero-order valence-corrected chi connectivity index (χ0v) is 9.96. The molecule has 0 radical (unpaired) electrons. The van der Waals surface area contributed by atoms with Gasteiger partial charge in [0.25, 0.3) is 0 Å². The van der Waals surface area contributed by atoms with Gasteiger partial charge in [-0.3, -0.25) is 4.99 Å². The van der Waals surface area contributed by atoms with Crippen LogP contribution in [0.15, 0.2) is 41.4 Å². The Morgan fingerprint density at radius 3 is 2.39 bits per heavy atom. The molecule has 92 valence electrons. The predicted molar refractivity (Wildman–Crippen MR) is 72.6 cm³/mol. The minimum Gasteiger partial charge on any atom is -0.508 e. The molecule has 0 saturated carbocycles. The number of phenolic OH excluding ortho intramolecular Hbond substituents is 2. The lowest BCUT2D eigenvalue weighted by Crippen LogP contribution is -1.96. The Morgan fingerprint density at radius 1 is 1.06 bits per heavy atom. The summed E-state index contributed by atoms with van der Waals surface area (Å²) in [5, 5.41) is 18.7. The van der Waals surface area contributed by atoms with Gasteiger partial charge in [0.2, 0.25) is 0 Å². The highest BCUT2D eigenvalue weighted by atomic mass is 16.3. The van der Waals surface area contributed by atoms with Crippen molar-refractivity contribution in [1.82, 2.24) is 0 Å². The molecule has 0 aliphatic rings. The molecule has 0 amide bonds. The molecule has 0 spiro atoms. The molecule has 0 heterocycles. The Bertz CT molecular complexity index is 589. The smallest absolute Gasteiger partial charge is 0.116 e. The first-order chi connectivity index (χ1) is 8.56. The minimum atomic E-state index is 0.161. The number of nitrogens with two attached hydrogens (primary N) is 1. The average Bonchev–Trinajstić information content (AvgIpc) is 2.34. The summed E-state index contributed by atoms with van der Waals surface area (Å²) in [6.07, 6.45) is 1.59. The van der Waals surface area contributed by atoms with Crippen LogP contribution in [0.5, 0.6) is 11.5 Å². The maximum atomic E-state index is 9.50. The molecule has 0 aromatic heterocycles. The van der Waals surface area contributed by atoms with Gasteiger partial charge in [-0.15, -0.1) is 0 Å². The van der Waals surface area contributed by atoms with Gasteiger partial charge in [0.1, 0.15) is 11.5 Å². The van der Waals surface area contributed by atoms with Crippen molar-refractivity contribution in [3.8, 4) is 11.5 Å². The second-order valence-electron chi connectivity index (χ2n) is 4.04. The molecule has 0 fully saturated rings. The molecule has 4 heteroatoms. The van der Waals surface area contributed by atoms with E-state index in [-0.39, 0.29) is 11.5 Å². The number of aryl methyl sites for hydroxylation is 1. The number of nitrogen functional groups attached to an aromatic ring is 1. The second kappa shape index (κ2) is 4.79. The van der Waals surface area contributed by atoms with Gasteiger partial charge in [-0.25, -0.2) is 0 Å². The fraction of sp³-hybridized carbons (Fsp3) is 0.0714. The van der Waals surface area contributed by atoms with Crippen LogP contribution in [0.1, 0.15) is 11.1 Å². The summed E-state index contributed by atoms with van der Waals surface area (Å²) in [6, 6.07) is 9.67. The first kappa shape index (κ1) is 12.0. The fourth-order valence-electron chi connectivity index (χ4n) is 1.60. The molecule has 2 aromatic carbocycles. The largest absolute Gasteiger partial charge is 0.508 e. The van der Waals surface area contributed by atoms with E-state index in [4.69, 9.17) is 10.8 Å². The van der Waals surface area contributed by atoms with E-state index in [2.05, 4.69) is 4.99 Å². The fourth-order valence-corrected chi connectivity index (χ4v) is 1.60. The highest BCUT2D eigenvalue weighted by Crippen LogP contribution is 2.23. The Hall–Kier alpha value is -2.49. The van der Waals surface area contributed by atoms with Crippen LogP contribution >= 0.6 is 0 Å². The monoisotopic (exact) mass is 242 g/mol. The zero-order chi connectivity index (χ0) is 13.1. The van der Waals surface area contributed by atoms with Gasteiger partial charge in [-0.1, -0.05) is 0 Å². The maximum absolute atomic E-state index is 9.50. The number of phenols is 2. The number of aromatic hydroxyl groups is 2. The van der Waals surface area contributed by atoms with E-state index >= 15 is 0 Å². The van der Waals surface area contributed by atoms with Crippen LogP contribution in [0, 0.1) is 6.92 Å². The van der Waals surface area contributed by atoms with Crippen molar-refractivity contribution in [2.24, 2.45) is 4.99 Å². The molecule has 0 bridgehead atoms. The molecule has 0 saturated heterocycles. The van der Waals surface area contributed by atoms with Crippen LogP contribution in [0.2, 0.25) is 0 Å². The van der Waals surface area contributed by atoms with E-state index in [0.29, 0.717) is 16.9 Å². The minimum absolute atomic E-state index is 0.161. The molecule has 0 aliphatic carbocycles. The van der Waals surface area contributed by atoms with Crippen molar-refractivity contribution in [2.75, 3.05) is 5.73 Å². The number of anilines is 1. The highest BCUT2D eigenvalue weighted by molar-refractivity contribution is 5.90. The van der Waals surface area contributed by atoms with Gasteiger partial charge in [0.05, 0.1) is 5.69 Å². The highest BCUT2D eigenvalue weighted by Gasteiger charge is 2.02. The molecule has 4 N–H and O–H groups in total. The standard InChI is InChI=1S/C14H14N2O2/c1-9-6-13(18)7-10(14(9)15)8-16-11-2-4-12(17)5-3-11/h2-8,17-18H,15H2,1H3. The summed E-state index contributed by atoms with van der Waals surface area (Å²) in [6.45, 7) is 1.83. The molecule has 0 aliphatic heterocycles. The lowest BCUT2D eigenvalue weighted by molar-refractivity contribution is 0.474. The predicted octanol–water partition coefficient (Wildman–Crippen LogP) is 2.74. The van der Waals surface area contributed by atoms with Crippen molar-refractivity contribution in [1.29, 1.82) is 0 Å². The summed E-state index contributed by atoms with van der Waals surface area (Å²) in [4.78, 5) is 4.23. The number of aliphatic imine (C=N–C) groups is 1. The first-order valence-corrected chi connectivity index (χ1v) is 5.48. The molecular weight excluding hydrogens is 228 g/mol. The Balaban J connectivity index is 2.31.